The first-order chi connectivity index (χ1) is 8.92. The molecule has 0 heterocycles. The lowest BCUT2D eigenvalue weighted by atomic mass is 10.1. The average molecular weight is 275 g/mol. The Labute approximate surface area is 112 Å². The highest BCUT2D eigenvalue weighted by Crippen LogP contribution is 2.22. The van der Waals surface area contributed by atoms with Gasteiger partial charge in [-0.1, -0.05) is 12.1 Å². The number of nitrogens with one attached hydrogen (secondary N) is 1. The van der Waals surface area contributed by atoms with Crippen molar-refractivity contribution >= 4 is 0 Å². The smallest absolute Gasteiger partial charge is 0.389 e. The predicted molar refractivity (Wildman–Crippen MR) is 69.3 cm³/mol. The van der Waals surface area contributed by atoms with Crippen LogP contribution in [-0.4, -0.2) is 19.8 Å². The Bertz CT molecular complexity index is 362. The van der Waals surface area contributed by atoms with Gasteiger partial charge >= 0.3 is 6.18 Å². The lowest BCUT2D eigenvalue weighted by Gasteiger charge is -2.15. The van der Waals surface area contributed by atoms with Crippen molar-refractivity contribution in [3.63, 3.8) is 0 Å². The van der Waals surface area contributed by atoms with Gasteiger partial charge in [-0.05, 0) is 44.0 Å². The summed E-state index contributed by atoms with van der Waals surface area (Å²) in [5.41, 5.74) is 1.09. The van der Waals surface area contributed by atoms with Crippen molar-refractivity contribution in [3.05, 3.63) is 29.8 Å². The van der Waals surface area contributed by atoms with Crippen LogP contribution in [-0.2, 0) is 0 Å². The second-order valence-electron chi connectivity index (χ2n) is 4.52. The lowest BCUT2D eigenvalue weighted by Crippen LogP contribution is -2.20. The van der Waals surface area contributed by atoms with Crippen LogP contribution in [0.25, 0.3) is 0 Å². The van der Waals surface area contributed by atoms with Crippen LogP contribution < -0.4 is 10.1 Å². The predicted octanol–water partition coefficient (Wildman–Crippen LogP) is 4.08. The summed E-state index contributed by atoms with van der Waals surface area (Å²) in [6.45, 7) is 2.58. The van der Waals surface area contributed by atoms with Gasteiger partial charge in [0, 0.05) is 12.5 Å². The second-order valence-corrected chi connectivity index (χ2v) is 4.52. The largest absolute Gasteiger partial charge is 0.497 e. The van der Waals surface area contributed by atoms with E-state index in [1.807, 2.05) is 31.2 Å². The molecule has 0 bridgehead atoms. The van der Waals surface area contributed by atoms with E-state index >= 15 is 0 Å². The maximum atomic E-state index is 11.9. The fraction of sp³-hybridized carbons (Fsp3) is 0.571. The summed E-state index contributed by atoms with van der Waals surface area (Å²) in [5, 5.41) is 3.21. The summed E-state index contributed by atoms with van der Waals surface area (Å²) in [5.74, 6) is 0.793. The number of halogens is 3. The Morgan fingerprint density at radius 1 is 1.16 bits per heavy atom. The van der Waals surface area contributed by atoms with E-state index in [0.29, 0.717) is 13.0 Å². The number of rotatable bonds is 7. The molecule has 0 aliphatic rings. The van der Waals surface area contributed by atoms with Crippen LogP contribution in [0, 0.1) is 0 Å². The molecule has 1 N–H and O–H groups in total. The second kappa shape index (κ2) is 7.38. The molecule has 1 unspecified atom stereocenters. The third-order valence-corrected chi connectivity index (χ3v) is 2.95. The van der Waals surface area contributed by atoms with Crippen molar-refractivity contribution in [2.75, 3.05) is 13.7 Å². The summed E-state index contributed by atoms with van der Waals surface area (Å²) >= 11 is 0. The SMILES string of the molecule is COc1ccc(C(C)NCCCCC(F)(F)F)cc1. The number of benzene rings is 1. The fourth-order valence-corrected chi connectivity index (χ4v) is 1.78. The van der Waals surface area contributed by atoms with Crippen molar-refractivity contribution in [2.24, 2.45) is 0 Å². The van der Waals surface area contributed by atoms with E-state index < -0.39 is 12.6 Å². The molecule has 0 aliphatic carbocycles. The van der Waals surface area contributed by atoms with E-state index in [1.165, 1.54) is 0 Å². The van der Waals surface area contributed by atoms with Gasteiger partial charge in [0.2, 0.25) is 0 Å². The van der Waals surface area contributed by atoms with Crippen molar-refractivity contribution in [2.45, 2.75) is 38.4 Å². The number of alkyl halides is 3. The molecule has 0 spiro atoms. The number of hydrogen-bond donors (Lipinski definition) is 1. The zero-order valence-corrected chi connectivity index (χ0v) is 11.3. The maximum Gasteiger partial charge on any atom is 0.389 e. The number of unbranched alkanes of at least 4 members (excludes halogenated alkanes) is 1. The Morgan fingerprint density at radius 3 is 2.32 bits per heavy atom. The minimum atomic E-state index is -4.04. The maximum absolute atomic E-state index is 11.9. The standard InChI is InChI=1S/C14H20F3NO/c1-11(12-5-7-13(19-2)8-6-12)18-10-4-3-9-14(15,16)17/h5-8,11,18H,3-4,9-10H2,1-2H3. The average Bonchev–Trinajstić information content (AvgIpc) is 2.37. The zero-order valence-electron chi connectivity index (χ0n) is 11.3. The fourth-order valence-electron chi connectivity index (χ4n) is 1.78. The molecule has 1 rings (SSSR count). The normalized spacial score (nSPS) is 13.3. The zero-order chi connectivity index (χ0) is 14.3. The Kier molecular flexibility index (Phi) is 6.15. The van der Waals surface area contributed by atoms with Crippen molar-refractivity contribution in [1.29, 1.82) is 0 Å². The van der Waals surface area contributed by atoms with E-state index in [0.717, 1.165) is 11.3 Å². The molecule has 0 saturated carbocycles. The molecule has 1 atom stereocenters. The van der Waals surface area contributed by atoms with Crippen LogP contribution in [0.2, 0.25) is 0 Å². The molecule has 108 valence electrons. The highest BCUT2D eigenvalue weighted by molar-refractivity contribution is 5.28. The Balaban J connectivity index is 2.25. The summed E-state index contributed by atoms with van der Waals surface area (Å²) < 4.78 is 40.9. The molecule has 19 heavy (non-hydrogen) atoms. The summed E-state index contributed by atoms with van der Waals surface area (Å²) in [4.78, 5) is 0. The van der Waals surface area contributed by atoms with Gasteiger partial charge in [-0.15, -0.1) is 0 Å². The van der Waals surface area contributed by atoms with E-state index in [9.17, 15) is 13.2 Å². The Morgan fingerprint density at radius 2 is 1.79 bits per heavy atom. The van der Waals surface area contributed by atoms with Crippen LogP contribution in [0.1, 0.15) is 37.8 Å². The molecule has 5 heteroatoms. The lowest BCUT2D eigenvalue weighted by molar-refractivity contribution is -0.135. The first kappa shape index (κ1) is 15.8. The molecule has 0 saturated heterocycles. The van der Waals surface area contributed by atoms with Crippen LogP contribution in [0.5, 0.6) is 5.75 Å². The van der Waals surface area contributed by atoms with Gasteiger partial charge < -0.3 is 10.1 Å². The van der Waals surface area contributed by atoms with E-state index in [2.05, 4.69) is 5.32 Å². The number of methoxy groups -OCH3 is 1. The third-order valence-electron chi connectivity index (χ3n) is 2.95. The van der Waals surface area contributed by atoms with E-state index in [4.69, 9.17) is 4.74 Å². The molecule has 0 aromatic heterocycles. The van der Waals surface area contributed by atoms with Gasteiger partial charge in [0.05, 0.1) is 7.11 Å². The molecule has 2 nitrogen and oxygen atoms in total. The summed E-state index contributed by atoms with van der Waals surface area (Å²) in [7, 11) is 1.61. The molecule has 0 amide bonds. The van der Waals surface area contributed by atoms with Crippen molar-refractivity contribution in [3.8, 4) is 5.75 Å². The minimum absolute atomic E-state index is 0.122. The van der Waals surface area contributed by atoms with Gasteiger partial charge in [-0.2, -0.15) is 13.2 Å². The molecular weight excluding hydrogens is 255 g/mol. The van der Waals surface area contributed by atoms with Gasteiger partial charge in [-0.3, -0.25) is 0 Å². The molecule has 1 aromatic rings. The van der Waals surface area contributed by atoms with Gasteiger partial charge in [0.1, 0.15) is 5.75 Å². The first-order valence-corrected chi connectivity index (χ1v) is 6.36. The molecule has 1 aromatic carbocycles. The summed E-state index contributed by atoms with van der Waals surface area (Å²) in [6, 6.07) is 7.77. The van der Waals surface area contributed by atoms with Crippen LogP contribution in [0.15, 0.2) is 24.3 Å². The number of hydrogen-bond acceptors (Lipinski definition) is 2. The van der Waals surface area contributed by atoms with Crippen molar-refractivity contribution < 1.29 is 17.9 Å². The quantitative estimate of drug-likeness (QED) is 0.757. The first-order valence-electron chi connectivity index (χ1n) is 6.36. The minimum Gasteiger partial charge on any atom is -0.497 e. The van der Waals surface area contributed by atoms with E-state index in [1.54, 1.807) is 7.11 Å². The van der Waals surface area contributed by atoms with Gasteiger partial charge in [0.25, 0.3) is 0 Å². The number of ether oxygens (including phenoxy) is 1. The monoisotopic (exact) mass is 275 g/mol. The highest BCUT2D eigenvalue weighted by Gasteiger charge is 2.25. The Hall–Kier alpha value is -1.23. The molecular formula is C14H20F3NO. The summed E-state index contributed by atoms with van der Waals surface area (Å²) in [6.07, 6.45) is -4.04. The van der Waals surface area contributed by atoms with Crippen molar-refractivity contribution in [1.82, 2.24) is 5.32 Å². The van der Waals surface area contributed by atoms with Crippen LogP contribution >= 0.6 is 0 Å². The third kappa shape index (κ3) is 6.47. The van der Waals surface area contributed by atoms with Crippen LogP contribution in [0.3, 0.4) is 0 Å². The molecule has 0 fully saturated rings. The van der Waals surface area contributed by atoms with Gasteiger partial charge in [-0.25, -0.2) is 0 Å². The van der Waals surface area contributed by atoms with Gasteiger partial charge in [0.15, 0.2) is 0 Å². The van der Waals surface area contributed by atoms with E-state index in [-0.39, 0.29) is 12.5 Å². The molecule has 0 radical (unpaired) electrons. The topological polar surface area (TPSA) is 21.3 Å². The molecule has 0 aliphatic heterocycles. The van der Waals surface area contributed by atoms with Crippen LogP contribution in [0.4, 0.5) is 13.2 Å². The highest BCUT2D eigenvalue weighted by atomic mass is 19.4.